The molecule has 1 saturated carbocycles. The van der Waals surface area contributed by atoms with Crippen molar-refractivity contribution >= 4 is 5.78 Å². The molecule has 0 saturated heterocycles. The number of fused-ring (bicyclic) bond motifs is 2. The normalized spacial score (nSPS) is 28.5. The van der Waals surface area contributed by atoms with E-state index in [-0.39, 0.29) is 11.3 Å². The first-order chi connectivity index (χ1) is 9.03. The number of Topliss-reactive ketones (excluding diaryl/α,β-unsaturated/α-hetero) is 1. The van der Waals surface area contributed by atoms with Crippen molar-refractivity contribution in [2.45, 2.75) is 39.5 Å². The van der Waals surface area contributed by atoms with Gasteiger partial charge in [0.05, 0.1) is 7.11 Å². The van der Waals surface area contributed by atoms with E-state index < -0.39 is 0 Å². The lowest BCUT2D eigenvalue weighted by molar-refractivity contribution is 0.0489. The van der Waals surface area contributed by atoms with Gasteiger partial charge in [0.2, 0.25) is 0 Å². The molecule has 2 heteroatoms. The van der Waals surface area contributed by atoms with Gasteiger partial charge in [0.15, 0.2) is 5.78 Å². The number of benzene rings is 1. The summed E-state index contributed by atoms with van der Waals surface area (Å²) < 4.78 is 5.25. The number of ether oxygens (including phenoxy) is 1. The fourth-order valence-electron chi connectivity index (χ4n) is 3.97. The molecule has 0 aliphatic heterocycles. The third kappa shape index (κ3) is 1.98. The summed E-state index contributed by atoms with van der Waals surface area (Å²) in [5.41, 5.74) is 2.40. The van der Waals surface area contributed by atoms with E-state index in [1.807, 2.05) is 12.1 Å². The minimum atomic E-state index is 0.225. The van der Waals surface area contributed by atoms with Crippen LogP contribution in [0.15, 0.2) is 18.2 Å². The largest absolute Gasteiger partial charge is 0.497 e. The van der Waals surface area contributed by atoms with Crippen molar-refractivity contribution in [3.8, 4) is 5.75 Å². The van der Waals surface area contributed by atoms with Crippen LogP contribution in [-0.4, -0.2) is 12.9 Å². The monoisotopic (exact) mass is 258 g/mol. The maximum absolute atomic E-state index is 12.8. The van der Waals surface area contributed by atoms with Crippen LogP contribution in [0, 0.1) is 17.3 Å². The SMILES string of the molecule is COc1ccc2c(c1)C(=O)[C@@H]1CCCC(C)(C)[C@H]1C2. The molecule has 2 aliphatic rings. The number of ketones is 1. The Labute approximate surface area is 115 Å². The highest BCUT2D eigenvalue weighted by Gasteiger charge is 2.45. The zero-order valence-electron chi connectivity index (χ0n) is 12.0. The van der Waals surface area contributed by atoms with Crippen LogP contribution in [0.5, 0.6) is 5.75 Å². The first kappa shape index (κ1) is 12.7. The van der Waals surface area contributed by atoms with E-state index in [9.17, 15) is 4.79 Å². The highest BCUT2D eigenvalue weighted by Crippen LogP contribution is 2.49. The van der Waals surface area contributed by atoms with Gasteiger partial charge in [-0.05, 0) is 48.3 Å². The van der Waals surface area contributed by atoms with Crippen molar-refractivity contribution < 1.29 is 9.53 Å². The lowest BCUT2D eigenvalue weighted by Crippen LogP contribution is -2.43. The molecule has 19 heavy (non-hydrogen) atoms. The quantitative estimate of drug-likeness (QED) is 0.764. The van der Waals surface area contributed by atoms with E-state index in [0.29, 0.717) is 11.7 Å². The summed E-state index contributed by atoms with van der Waals surface area (Å²) >= 11 is 0. The Bertz CT molecular complexity index is 516. The fraction of sp³-hybridized carbons (Fsp3) is 0.588. The van der Waals surface area contributed by atoms with Crippen molar-refractivity contribution in [3.05, 3.63) is 29.3 Å². The maximum atomic E-state index is 12.8. The van der Waals surface area contributed by atoms with Gasteiger partial charge in [-0.3, -0.25) is 4.79 Å². The molecule has 2 atom stereocenters. The fourth-order valence-corrected chi connectivity index (χ4v) is 3.97. The van der Waals surface area contributed by atoms with Crippen LogP contribution in [0.25, 0.3) is 0 Å². The molecule has 102 valence electrons. The molecule has 1 fully saturated rings. The van der Waals surface area contributed by atoms with E-state index in [0.717, 1.165) is 24.2 Å². The van der Waals surface area contributed by atoms with E-state index in [1.165, 1.54) is 18.4 Å². The number of rotatable bonds is 1. The average Bonchev–Trinajstić information content (AvgIpc) is 2.40. The van der Waals surface area contributed by atoms with Gasteiger partial charge in [-0.2, -0.15) is 0 Å². The zero-order chi connectivity index (χ0) is 13.6. The summed E-state index contributed by atoms with van der Waals surface area (Å²) in [5.74, 6) is 1.87. The summed E-state index contributed by atoms with van der Waals surface area (Å²) in [6.07, 6.45) is 4.53. The van der Waals surface area contributed by atoms with Gasteiger partial charge in [0.1, 0.15) is 5.75 Å². The molecule has 2 nitrogen and oxygen atoms in total. The summed E-state index contributed by atoms with van der Waals surface area (Å²) in [6.45, 7) is 4.65. The number of carbonyl (C=O) groups excluding carboxylic acids is 1. The van der Waals surface area contributed by atoms with Crippen molar-refractivity contribution in [3.63, 3.8) is 0 Å². The second-order valence-corrected chi connectivity index (χ2v) is 6.69. The van der Waals surface area contributed by atoms with Crippen LogP contribution < -0.4 is 4.74 Å². The van der Waals surface area contributed by atoms with Crippen LogP contribution in [0.3, 0.4) is 0 Å². The predicted molar refractivity (Wildman–Crippen MR) is 75.6 cm³/mol. The highest BCUT2D eigenvalue weighted by atomic mass is 16.5. The van der Waals surface area contributed by atoms with E-state index in [4.69, 9.17) is 4.74 Å². The molecule has 3 rings (SSSR count). The molecule has 2 aliphatic carbocycles. The summed E-state index contributed by atoms with van der Waals surface area (Å²) in [7, 11) is 1.65. The Morgan fingerprint density at radius 1 is 1.32 bits per heavy atom. The Morgan fingerprint density at radius 3 is 2.84 bits per heavy atom. The van der Waals surface area contributed by atoms with Crippen LogP contribution in [0.1, 0.15) is 49.0 Å². The van der Waals surface area contributed by atoms with Crippen molar-refractivity contribution in [2.24, 2.45) is 17.3 Å². The van der Waals surface area contributed by atoms with E-state index in [1.54, 1.807) is 7.11 Å². The van der Waals surface area contributed by atoms with Gasteiger partial charge in [-0.15, -0.1) is 0 Å². The second-order valence-electron chi connectivity index (χ2n) is 6.69. The summed E-state index contributed by atoms with van der Waals surface area (Å²) in [4.78, 5) is 12.8. The van der Waals surface area contributed by atoms with Gasteiger partial charge in [-0.1, -0.05) is 26.3 Å². The minimum Gasteiger partial charge on any atom is -0.497 e. The number of hydrogen-bond donors (Lipinski definition) is 0. The molecule has 0 heterocycles. The summed E-state index contributed by atoms with van der Waals surface area (Å²) in [5, 5.41) is 0. The summed E-state index contributed by atoms with van der Waals surface area (Å²) in [6, 6.07) is 5.98. The molecular weight excluding hydrogens is 236 g/mol. The zero-order valence-corrected chi connectivity index (χ0v) is 12.0. The van der Waals surface area contributed by atoms with Crippen LogP contribution in [-0.2, 0) is 6.42 Å². The average molecular weight is 258 g/mol. The Balaban J connectivity index is 2.03. The standard InChI is InChI=1S/C17H22O2/c1-17(2)8-4-5-13-15(17)9-11-6-7-12(19-3)10-14(11)16(13)18/h6-7,10,13,15H,4-5,8-9H2,1-3H3/t13-,15+/m1/s1. The molecule has 0 unspecified atom stereocenters. The lowest BCUT2D eigenvalue weighted by atomic mass is 9.57. The lowest BCUT2D eigenvalue weighted by Gasteiger charge is -2.46. The van der Waals surface area contributed by atoms with E-state index in [2.05, 4.69) is 19.9 Å². The molecule has 0 amide bonds. The molecule has 1 aromatic rings. The van der Waals surface area contributed by atoms with Gasteiger partial charge in [-0.25, -0.2) is 0 Å². The molecule has 0 N–H and O–H groups in total. The van der Waals surface area contributed by atoms with Crippen LogP contribution in [0.4, 0.5) is 0 Å². The van der Waals surface area contributed by atoms with Crippen molar-refractivity contribution in [2.75, 3.05) is 7.11 Å². The topological polar surface area (TPSA) is 26.3 Å². The first-order valence-corrected chi connectivity index (χ1v) is 7.24. The molecular formula is C17H22O2. The Morgan fingerprint density at radius 2 is 2.11 bits per heavy atom. The molecule has 0 spiro atoms. The highest BCUT2D eigenvalue weighted by molar-refractivity contribution is 6.01. The first-order valence-electron chi connectivity index (χ1n) is 7.24. The number of methoxy groups -OCH3 is 1. The maximum Gasteiger partial charge on any atom is 0.166 e. The minimum absolute atomic E-state index is 0.225. The van der Waals surface area contributed by atoms with Crippen LogP contribution >= 0.6 is 0 Å². The molecule has 1 aromatic carbocycles. The number of carbonyl (C=O) groups is 1. The second kappa shape index (κ2) is 4.36. The smallest absolute Gasteiger partial charge is 0.166 e. The third-order valence-corrected chi connectivity index (χ3v) is 5.18. The Hall–Kier alpha value is -1.31. The number of hydrogen-bond acceptors (Lipinski definition) is 2. The molecule has 0 radical (unpaired) electrons. The molecule has 0 bridgehead atoms. The van der Waals surface area contributed by atoms with Crippen LogP contribution in [0.2, 0.25) is 0 Å². The van der Waals surface area contributed by atoms with Gasteiger partial charge in [0, 0.05) is 11.5 Å². The van der Waals surface area contributed by atoms with Gasteiger partial charge in [0.25, 0.3) is 0 Å². The van der Waals surface area contributed by atoms with Crippen molar-refractivity contribution in [1.82, 2.24) is 0 Å². The predicted octanol–water partition coefficient (Wildman–Crippen LogP) is 3.88. The van der Waals surface area contributed by atoms with E-state index >= 15 is 0 Å². The molecule has 0 aromatic heterocycles. The Kier molecular flexibility index (Phi) is 2.92. The van der Waals surface area contributed by atoms with Gasteiger partial charge < -0.3 is 4.74 Å². The van der Waals surface area contributed by atoms with Crippen molar-refractivity contribution in [1.29, 1.82) is 0 Å². The van der Waals surface area contributed by atoms with Gasteiger partial charge >= 0.3 is 0 Å². The third-order valence-electron chi connectivity index (χ3n) is 5.18.